The standard InChI is InChI=1S/C18H20N6O3/c1-11-7-5-6-8-14(11)10-23-13(3)16(12(2)21-23)20-18(25)17-15(24(26)27)9-19-22(17)4/h5-9H,10H2,1-4H3,(H,20,25). The van der Waals surface area contributed by atoms with Crippen molar-refractivity contribution in [2.24, 2.45) is 7.05 Å². The number of nitrogens with one attached hydrogen (secondary N) is 1. The fourth-order valence-corrected chi connectivity index (χ4v) is 2.98. The maximum absolute atomic E-state index is 12.6. The molecule has 0 saturated carbocycles. The molecule has 2 heterocycles. The van der Waals surface area contributed by atoms with E-state index in [1.54, 1.807) is 6.92 Å². The fraction of sp³-hybridized carbons (Fsp3) is 0.278. The average molecular weight is 368 g/mol. The number of nitro groups is 1. The third-order valence-corrected chi connectivity index (χ3v) is 4.53. The Balaban J connectivity index is 1.90. The molecule has 0 fully saturated rings. The summed E-state index contributed by atoms with van der Waals surface area (Å²) in [5.74, 6) is -0.594. The SMILES string of the molecule is Cc1ccccc1Cn1nc(C)c(NC(=O)c2c([N+](=O)[O-])cnn2C)c1C. The molecular formula is C18H20N6O3. The van der Waals surface area contributed by atoms with Gasteiger partial charge in [-0.3, -0.25) is 24.3 Å². The minimum absolute atomic E-state index is 0.106. The lowest BCUT2D eigenvalue weighted by Gasteiger charge is -2.09. The number of benzene rings is 1. The van der Waals surface area contributed by atoms with Gasteiger partial charge in [0.05, 0.1) is 28.5 Å². The van der Waals surface area contributed by atoms with E-state index >= 15 is 0 Å². The molecule has 0 radical (unpaired) electrons. The number of aromatic nitrogens is 4. The van der Waals surface area contributed by atoms with Crippen molar-refractivity contribution in [2.45, 2.75) is 27.3 Å². The molecule has 1 amide bonds. The summed E-state index contributed by atoms with van der Waals surface area (Å²) in [4.78, 5) is 23.1. The van der Waals surface area contributed by atoms with Crippen molar-refractivity contribution in [3.8, 4) is 0 Å². The molecule has 0 aliphatic rings. The van der Waals surface area contributed by atoms with Gasteiger partial charge >= 0.3 is 5.69 Å². The van der Waals surface area contributed by atoms with Crippen LogP contribution in [0.25, 0.3) is 0 Å². The molecule has 0 aliphatic heterocycles. The van der Waals surface area contributed by atoms with Crippen molar-refractivity contribution in [1.82, 2.24) is 19.6 Å². The molecule has 3 rings (SSSR count). The Kier molecular flexibility index (Phi) is 4.76. The molecule has 0 spiro atoms. The molecule has 3 aromatic rings. The highest BCUT2D eigenvalue weighted by Crippen LogP contribution is 2.24. The highest BCUT2D eigenvalue weighted by atomic mass is 16.6. The van der Waals surface area contributed by atoms with Crippen LogP contribution < -0.4 is 5.32 Å². The summed E-state index contributed by atoms with van der Waals surface area (Å²) in [6, 6.07) is 8.01. The van der Waals surface area contributed by atoms with Crippen molar-refractivity contribution in [3.05, 3.63) is 68.8 Å². The molecule has 0 aliphatic carbocycles. The lowest BCUT2D eigenvalue weighted by molar-refractivity contribution is -0.385. The van der Waals surface area contributed by atoms with E-state index in [1.165, 1.54) is 11.7 Å². The number of carbonyl (C=O) groups is 1. The van der Waals surface area contributed by atoms with Gasteiger partial charge in [0, 0.05) is 7.05 Å². The first-order chi connectivity index (χ1) is 12.8. The Morgan fingerprint density at radius 3 is 2.63 bits per heavy atom. The summed E-state index contributed by atoms with van der Waals surface area (Å²) >= 11 is 0. The number of hydrogen-bond acceptors (Lipinski definition) is 5. The molecule has 27 heavy (non-hydrogen) atoms. The predicted octanol–water partition coefficient (Wildman–Crippen LogP) is 2.75. The number of nitrogens with zero attached hydrogens (tertiary/aromatic N) is 5. The summed E-state index contributed by atoms with van der Waals surface area (Å²) in [5.41, 5.74) is 3.80. The zero-order valence-corrected chi connectivity index (χ0v) is 15.6. The lowest BCUT2D eigenvalue weighted by Crippen LogP contribution is -2.18. The van der Waals surface area contributed by atoms with Crippen LogP contribution in [0.4, 0.5) is 11.4 Å². The number of anilines is 1. The average Bonchev–Trinajstić information content (AvgIpc) is 3.12. The molecule has 1 aromatic carbocycles. The van der Waals surface area contributed by atoms with E-state index in [0.29, 0.717) is 17.9 Å². The molecule has 9 heteroatoms. The Hall–Kier alpha value is -3.49. The second-order valence-corrected chi connectivity index (χ2v) is 6.34. The Morgan fingerprint density at radius 2 is 1.96 bits per heavy atom. The van der Waals surface area contributed by atoms with E-state index in [4.69, 9.17) is 0 Å². The first kappa shape index (κ1) is 18.3. The van der Waals surface area contributed by atoms with Gasteiger partial charge in [-0.15, -0.1) is 0 Å². The number of hydrogen-bond donors (Lipinski definition) is 1. The van der Waals surface area contributed by atoms with Crippen molar-refractivity contribution in [3.63, 3.8) is 0 Å². The summed E-state index contributed by atoms with van der Waals surface area (Å²) < 4.78 is 3.00. The largest absolute Gasteiger partial charge is 0.320 e. The third-order valence-electron chi connectivity index (χ3n) is 4.53. The Labute approximate surface area is 155 Å². The quantitative estimate of drug-likeness (QED) is 0.550. The van der Waals surface area contributed by atoms with E-state index in [-0.39, 0.29) is 11.4 Å². The predicted molar refractivity (Wildman–Crippen MR) is 99.8 cm³/mol. The normalized spacial score (nSPS) is 10.8. The topological polar surface area (TPSA) is 108 Å². The van der Waals surface area contributed by atoms with E-state index < -0.39 is 10.8 Å². The summed E-state index contributed by atoms with van der Waals surface area (Å²) in [5, 5.41) is 22.2. The molecule has 1 N–H and O–H groups in total. The summed E-state index contributed by atoms with van der Waals surface area (Å²) in [6.45, 7) is 6.24. The summed E-state index contributed by atoms with van der Waals surface area (Å²) in [7, 11) is 1.49. The van der Waals surface area contributed by atoms with Crippen LogP contribution >= 0.6 is 0 Å². The molecule has 0 atom stereocenters. The van der Waals surface area contributed by atoms with Crippen LogP contribution in [0.1, 0.15) is 33.0 Å². The molecule has 0 saturated heterocycles. The van der Waals surface area contributed by atoms with Gasteiger partial charge in [-0.25, -0.2) is 0 Å². The van der Waals surface area contributed by atoms with Gasteiger partial charge < -0.3 is 5.32 Å². The second kappa shape index (κ2) is 7.02. The number of aryl methyl sites for hydroxylation is 3. The molecular weight excluding hydrogens is 348 g/mol. The van der Waals surface area contributed by atoms with E-state index in [1.807, 2.05) is 42.8 Å². The number of carbonyl (C=O) groups excluding carboxylic acids is 1. The van der Waals surface area contributed by atoms with Crippen LogP contribution in [0, 0.1) is 30.9 Å². The number of rotatable bonds is 5. The van der Waals surface area contributed by atoms with Gasteiger partial charge in [-0.05, 0) is 31.9 Å². The molecule has 0 bridgehead atoms. The highest BCUT2D eigenvalue weighted by molar-refractivity contribution is 6.06. The molecule has 140 valence electrons. The Bertz CT molecular complexity index is 1030. The van der Waals surface area contributed by atoms with Gasteiger partial charge in [0.1, 0.15) is 6.20 Å². The van der Waals surface area contributed by atoms with Crippen LogP contribution in [-0.2, 0) is 13.6 Å². The van der Waals surface area contributed by atoms with E-state index in [9.17, 15) is 14.9 Å². The van der Waals surface area contributed by atoms with Crippen molar-refractivity contribution >= 4 is 17.3 Å². The zero-order valence-electron chi connectivity index (χ0n) is 15.6. The first-order valence-corrected chi connectivity index (χ1v) is 8.35. The van der Waals surface area contributed by atoms with Gasteiger partial charge in [-0.1, -0.05) is 24.3 Å². The van der Waals surface area contributed by atoms with Crippen LogP contribution in [0.2, 0.25) is 0 Å². The zero-order chi connectivity index (χ0) is 19.7. The maximum atomic E-state index is 12.6. The molecule has 0 unspecified atom stereocenters. The van der Waals surface area contributed by atoms with Gasteiger partial charge in [-0.2, -0.15) is 10.2 Å². The second-order valence-electron chi connectivity index (χ2n) is 6.34. The highest BCUT2D eigenvalue weighted by Gasteiger charge is 2.27. The Morgan fingerprint density at radius 1 is 1.26 bits per heavy atom. The van der Waals surface area contributed by atoms with Crippen LogP contribution in [0.5, 0.6) is 0 Å². The maximum Gasteiger partial charge on any atom is 0.320 e. The van der Waals surface area contributed by atoms with Crippen LogP contribution in [-0.4, -0.2) is 30.4 Å². The first-order valence-electron chi connectivity index (χ1n) is 8.35. The third kappa shape index (κ3) is 3.43. The number of amides is 1. The van der Waals surface area contributed by atoms with Gasteiger partial charge in [0.25, 0.3) is 5.91 Å². The fourth-order valence-electron chi connectivity index (χ4n) is 2.98. The van der Waals surface area contributed by atoms with E-state index in [0.717, 1.165) is 23.0 Å². The van der Waals surface area contributed by atoms with Gasteiger partial charge in [0.2, 0.25) is 5.69 Å². The molecule has 2 aromatic heterocycles. The summed E-state index contributed by atoms with van der Waals surface area (Å²) in [6.07, 6.45) is 1.07. The van der Waals surface area contributed by atoms with Crippen molar-refractivity contribution < 1.29 is 9.72 Å². The van der Waals surface area contributed by atoms with Crippen LogP contribution in [0.3, 0.4) is 0 Å². The van der Waals surface area contributed by atoms with Crippen molar-refractivity contribution in [2.75, 3.05) is 5.32 Å². The van der Waals surface area contributed by atoms with Crippen molar-refractivity contribution in [1.29, 1.82) is 0 Å². The van der Waals surface area contributed by atoms with Gasteiger partial charge in [0.15, 0.2) is 0 Å². The smallest absolute Gasteiger partial charge is 0.317 e. The minimum atomic E-state index is -0.622. The molecule has 9 nitrogen and oxygen atoms in total. The minimum Gasteiger partial charge on any atom is -0.317 e. The van der Waals surface area contributed by atoms with E-state index in [2.05, 4.69) is 15.5 Å². The lowest BCUT2D eigenvalue weighted by atomic mass is 10.1. The van der Waals surface area contributed by atoms with Crippen LogP contribution in [0.15, 0.2) is 30.5 Å². The monoisotopic (exact) mass is 368 g/mol.